The van der Waals surface area contributed by atoms with E-state index in [0.29, 0.717) is 17.4 Å². The molecular weight excluding hydrogens is 460 g/mol. The molecule has 0 saturated heterocycles. The van der Waals surface area contributed by atoms with Gasteiger partial charge < -0.3 is 9.47 Å². The van der Waals surface area contributed by atoms with Crippen molar-refractivity contribution in [1.82, 2.24) is 0 Å². The second-order valence-corrected chi connectivity index (χ2v) is 10.3. The lowest BCUT2D eigenvalue weighted by Crippen LogP contribution is -2.65. The first-order valence-electron chi connectivity index (χ1n) is 12.3. The molecule has 7 rings (SSSR count). The zero-order valence-corrected chi connectivity index (χ0v) is 19.6. The summed E-state index contributed by atoms with van der Waals surface area (Å²) in [5.41, 5.74) is 0.705. The van der Waals surface area contributed by atoms with Crippen LogP contribution >= 0.6 is 0 Å². The van der Waals surface area contributed by atoms with Crippen LogP contribution in [-0.4, -0.2) is 21.6 Å². The summed E-state index contributed by atoms with van der Waals surface area (Å²) in [6.07, 6.45) is 3.59. The van der Waals surface area contributed by atoms with Crippen LogP contribution in [0.4, 0.5) is 11.4 Å². The molecule has 4 aliphatic carbocycles. The molecule has 0 radical (unpaired) electrons. The van der Waals surface area contributed by atoms with Gasteiger partial charge in [0.15, 0.2) is 0 Å². The third-order valence-electron chi connectivity index (χ3n) is 8.17. The number of ether oxygens (including phenoxy) is 2. The highest BCUT2D eigenvalue weighted by molar-refractivity contribution is 5.41. The first-order valence-corrected chi connectivity index (χ1v) is 12.3. The molecule has 0 amide bonds. The van der Waals surface area contributed by atoms with E-state index in [9.17, 15) is 20.2 Å². The van der Waals surface area contributed by atoms with Crippen molar-refractivity contribution < 1.29 is 19.3 Å². The van der Waals surface area contributed by atoms with E-state index in [0.717, 1.165) is 25.7 Å². The fourth-order valence-corrected chi connectivity index (χ4v) is 7.14. The van der Waals surface area contributed by atoms with Gasteiger partial charge in [-0.25, -0.2) is 0 Å². The van der Waals surface area contributed by atoms with E-state index in [1.165, 1.54) is 29.8 Å². The highest BCUT2D eigenvalue weighted by atomic mass is 16.6. The minimum atomic E-state index is -0.490. The molecule has 4 bridgehead atoms. The van der Waals surface area contributed by atoms with E-state index in [1.54, 1.807) is 24.3 Å². The zero-order valence-electron chi connectivity index (χ0n) is 19.6. The Morgan fingerprint density at radius 2 is 1.44 bits per heavy atom. The molecule has 0 aliphatic heterocycles. The Labute approximate surface area is 208 Å². The van der Waals surface area contributed by atoms with E-state index >= 15 is 0 Å². The van der Waals surface area contributed by atoms with Crippen molar-refractivity contribution >= 4 is 11.4 Å². The number of benzene rings is 3. The van der Waals surface area contributed by atoms with Gasteiger partial charge in [-0.1, -0.05) is 42.5 Å². The van der Waals surface area contributed by atoms with E-state index in [4.69, 9.17) is 9.47 Å². The van der Waals surface area contributed by atoms with E-state index in [2.05, 4.69) is 12.1 Å². The molecule has 0 heterocycles. The number of nitro groups is 2. The average molecular weight is 487 g/mol. The summed E-state index contributed by atoms with van der Waals surface area (Å²) in [6.45, 7) is 0. The zero-order chi connectivity index (χ0) is 24.9. The Hall–Kier alpha value is -3.94. The number of nitrogens with zero attached hydrogens (tertiary/aromatic N) is 2. The predicted molar refractivity (Wildman–Crippen MR) is 132 cm³/mol. The average Bonchev–Trinajstić information content (AvgIpc) is 2.86. The van der Waals surface area contributed by atoms with Crippen molar-refractivity contribution in [2.75, 3.05) is 0 Å². The van der Waals surface area contributed by atoms with E-state index < -0.39 is 15.4 Å². The van der Waals surface area contributed by atoms with Crippen LogP contribution in [0.5, 0.6) is 11.5 Å². The lowest BCUT2D eigenvalue weighted by atomic mass is 9.47. The Morgan fingerprint density at radius 1 is 0.778 bits per heavy atom. The first-order chi connectivity index (χ1) is 17.4. The van der Waals surface area contributed by atoms with Crippen LogP contribution in [0, 0.1) is 38.0 Å². The van der Waals surface area contributed by atoms with Gasteiger partial charge in [-0.05, 0) is 49.3 Å². The molecule has 0 aromatic heterocycles. The number of non-ortho nitro benzene ring substituents is 2. The SMILES string of the molecule is O=[N+]([O-])c1cccc(OC2C3CC4CC2C(c2ccccc2)C(Oc2cccc([N+](=O)[O-])c2)(C4)C3)c1. The number of hydrogen-bond donors (Lipinski definition) is 0. The van der Waals surface area contributed by atoms with Gasteiger partial charge >= 0.3 is 0 Å². The lowest BCUT2D eigenvalue weighted by Gasteiger charge is -2.63. The third kappa shape index (κ3) is 3.86. The highest BCUT2D eigenvalue weighted by Crippen LogP contribution is 2.63. The highest BCUT2D eigenvalue weighted by Gasteiger charge is 2.63. The van der Waals surface area contributed by atoms with Crippen molar-refractivity contribution in [1.29, 1.82) is 0 Å². The van der Waals surface area contributed by atoms with Crippen molar-refractivity contribution in [2.45, 2.75) is 43.3 Å². The van der Waals surface area contributed by atoms with E-state index in [-0.39, 0.29) is 35.2 Å². The fourth-order valence-electron chi connectivity index (χ4n) is 7.14. The molecule has 36 heavy (non-hydrogen) atoms. The van der Waals surface area contributed by atoms with Crippen LogP contribution in [0.15, 0.2) is 78.9 Å². The number of hydrogen-bond acceptors (Lipinski definition) is 6. The molecule has 0 spiro atoms. The second-order valence-electron chi connectivity index (χ2n) is 10.3. The second kappa shape index (κ2) is 8.62. The van der Waals surface area contributed by atoms with Gasteiger partial charge in [0, 0.05) is 29.9 Å². The maximum absolute atomic E-state index is 11.4. The molecule has 8 nitrogen and oxygen atoms in total. The Balaban J connectivity index is 1.38. The minimum absolute atomic E-state index is 0.0142. The summed E-state index contributed by atoms with van der Waals surface area (Å²) < 4.78 is 13.3. The topological polar surface area (TPSA) is 105 Å². The van der Waals surface area contributed by atoms with Crippen LogP contribution in [0.2, 0.25) is 0 Å². The molecule has 6 atom stereocenters. The fraction of sp³-hybridized carbons (Fsp3) is 0.357. The molecule has 4 saturated carbocycles. The van der Waals surface area contributed by atoms with Crippen LogP contribution in [0.1, 0.15) is 37.2 Å². The summed E-state index contributed by atoms with van der Waals surface area (Å²) in [4.78, 5) is 21.9. The molecule has 8 heteroatoms. The molecule has 184 valence electrons. The van der Waals surface area contributed by atoms with Gasteiger partial charge in [-0.15, -0.1) is 0 Å². The summed E-state index contributed by atoms with van der Waals surface area (Å²) in [6, 6.07) is 23.1. The van der Waals surface area contributed by atoms with Crippen LogP contribution < -0.4 is 9.47 Å². The standard InChI is InChI=1S/C28H26N2O6/c31-29(32)21-8-4-10-23(14-21)35-27-20-12-18-13-25(27)26(19-6-2-1-3-7-19)28(16-18,17-20)36-24-11-5-9-22(15-24)30(33)34/h1-11,14-15,18,20,25-27H,12-13,16-17H2. The van der Waals surface area contributed by atoms with Crippen LogP contribution in [0.25, 0.3) is 0 Å². The Morgan fingerprint density at radius 3 is 2.14 bits per heavy atom. The van der Waals surface area contributed by atoms with Gasteiger partial charge in [0.05, 0.1) is 22.0 Å². The van der Waals surface area contributed by atoms with Crippen LogP contribution in [-0.2, 0) is 0 Å². The maximum atomic E-state index is 11.4. The normalized spacial score (nSPS) is 30.1. The summed E-state index contributed by atoms with van der Waals surface area (Å²) in [5, 5.41) is 22.7. The third-order valence-corrected chi connectivity index (χ3v) is 8.17. The largest absolute Gasteiger partial charge is 0.490 e. The predicted octanol–water partition coefficient (Wildman–Crippen LogP) is 6.30. The molecular formula is C28H26N2O6. The summed E-state index contributed by atoms with van der Waals surface area (Å²) in [7, 11) is 0. The molecule has 3 aromatic carbocycles. The molecule has 3 aromatic rings. The van der Waals surface area contributed by atoms with Crippen molar-refractivity contribution in [3.05, 3.63) is 105 Å². The minimum Gasteiger partial charge on any atom is -0.490 e. The molecule has 4 aliphatic rings. The van der Waals surface area contributed by atoms with Gasteiger partial charge in [-0.2, -0.15) is 0 Å². The van der Waals surface area contributed by atoms with Crippen molar-refractivity contribution in [3.63, 3.8) is 0 Å². The lowest BCUT2D eigenvalue weighted by molar-refractivity contribution is -0.385. The molecule has 6 unspecified atom stereocenters. The number of nitro benzene ring substituents is 2. The van der Waals surface area contributed by atoms with Crippen molar-refractivity contribution in [3.8, 4) is 11.5 Å². The van der Waals surface area contributed by atoms with Crippen molar-refractivity contribution in [2.24, 2.45) is 17.8 Å². The Bertz CT molecular complexity index is 1310. The van der Waals surface area contributed by atoms with Crippen LogP contribution in [0.3, 0.4) is 0 Å². The van der Waals surface area contributed by atoms with Gasteiger partial charge in [0.1, 0.15) is 23.2 Å². The van der Waals surface area contributed by atoms with Gasteiger partial charge in [-0.3, -0.25) is 20.2 Å². The monoisotopic (exact) mass is 486 g/mol. The summed E-state index contributed by atoms with van der Waals surface area (Å²) in [5.74, 6) is 1.95. The first kappa shape index (κ1) is 22.5. The number of rotatable bonds is 7. The smallest absolute Gasteiger partial charge is 0.273 e. The van der Waals surface area contributed by atoms with Gasteiger partial charge in [0.25, 0.3) is 11.4 Å². The van der Waals surface area contributed by atoms with Gasteiger partial charge in [0.2, 0.25) is 0 Å². The molecule has 0 N–H and O–H groups in total. The molecule has 4 fully saturated rings. The quantitative estimate of drug-likeness (QED) is 0.287. The maximum Gasteiger partial charge on any atom is 0.273 e. The van der Waals surface area contributed by atoms with E-state index in [1.807, 2.05) is 18.2 Å². The summed E-state index contributed by atoms with van der Waals surface area (Å²) >= 11 is 0. The Kier molecular flexibility index (Phi) is 5.39.